The molecule has 4 rings (SSSR count). The number of methoxy groups -OCH3 is 2. The number of anilines is 1. The van der Waals surface area contributed by atoms with Gasteiger partial charge in [0.15, 0.2) is 11.5 Å². The summed E-state index contributed by atoms with van der Waals surface area (Å²) in [7, 11) is 3.16. The van der Waals surface area contributed by atoms with Crippen molar-refractivity contribution in [2.45, 2.75) is 19.4 Å². The van der Waals surface area contributed by atoms with Gasteiger partial charge in [-0.1, -0.05) is 24.3 Å². The number of para-hydroxylation sites is 1. The Morgan fingerprint density at radius 2 is 1.79 bits per heavy atom. The molecule has 0 aliphatic carbocycles. The minimum Gasteiger partial charge on any atom is -0.493 e. The molecule has 1 N–H and O–H groups in total. The van der Waals surface area contributed by atoms with E-state index in [2.05, 4.69) is 15.4 Å². The number of hydrazone groups is 1. The lowest BCUT2D eigenvalue weighted by Crippen LogP contribution is -2.32. The molecule has 2 aromatic carbocycles. The third-order valence-electron chi connectivity index (χ3n) is 5.30. The van der Waals surface area contributed by atoms with Gasteiger partial charge in [-0.25, -0.2) is 5.01 Å². The van der Waals surface area contributed by atoms with Crippen molar-refractivity contribution in [3.8, 4) is 11.5 Å². The Kier molecular flexibility index (Phi) is 6.64. The third-order valence-corrected chi connectivity index (χ3v) is 5.30. The van der Waals surface area contributed by atoms with Gasteiger partial charge in [-0.2, -0.15) is 5.10 Å². The number of aromatic nitrogens is 1. The highest BCUT2D eigenvalue weighted by Crippen LogP contribution is 2.29. The van der Waals surface area contributed by atoms with Crippen molar-refractivity contribution < 1.29 is 19.1 Å². The molecule has 8 heteroatoms. The van der Waals surface area contributed by atoms with E-state index in [0.29, 0.717) is 35.7 Å². The van der Waals surface area contributed by atoms with Crippen LogP contribution >= 0.6 is 0 Å². The van der Waals surface area contributed by atoms with Crippen LogP contribution in [0.4, 0.5) is 5.69 Å². The van der Waals surface area contributed by atoms with Gasteiger partial charge in [0.05, 0.1) is 26.5 Å². The number of rotatable bonds is 7. The largest absolute Gasteiger partial charge is 0.493 e. The highest BCUT2D eigenvalue weighted by atomic mass is 16.5. The Morgan fingerprint density at radius 3 is 2.55 bits per heavy atom. The van der Waals surface area contributed by atoms with Crippen LogP contribution in [0.15, 0.2) is 72.0 Å². The van der Waals surface area contributed by atoms with Gasteiger partial charge in [0, 0.05) is 30.3 Å². The fourth-order valence-corrected chi connectivity index (χ4v) is 3.57. The topological polar surface area (TPSA) is 93.1 Å². The number of hydrogen-bond donors (Lipinski definition) is 1. The van der Waals surface area contributed by atoms with Crippen molar-refractivity contribution in [1.82, 2.24) is 9.99 Å². The van der Waals surface area contributed by atoms with Crippen molar-refractivity contribution >= 4 is 23.2 Å². The summed E-state index contributed by atoms with van der Waals surface area (Å²) in [5.74, 6) is 0.833. The number of nitrogens with one attached hydrogen (secondary N) is 1. The van der Waals surface area contributed by atoms with E-state index >= 15 is 0 Å². The maximum absolute atomic E-state index is 12.6. The first-order chi connectivity index (χ1) is 16.1. The molecule has 0 atom stereocenters. The molecule has 3 aromatic rings. The summed E-state index contributed by atoms with van der Waals surface area (Å²) in [6.45, 7) is 0.230. The first-order valence-corrected chi connectivity index (χ1v) is 10.5. The van der Waals surface area contributed by atoms with Gasteiger partial charge in [-0.3, -0.25) is 14.6 Å². The fraction of sp³-hybridized carbons (Fsp3) is 0.200. The van der Waals surface area contributed by atoms with Gasteiger partial charge in [0.1, 0.15) is 5.69 Å². The van der Waals surface area contributed by atoms with Crippen LogP contribution in [0.2, 0.25) is 0 Å². The molecule has 1 aliphatic heterocycles. The average Bonchev–Trinajstić information content (AvgIpc) is 2.86. The van der Waals surface area contributed by atoms with E-state index in [1.165, 1.54) is 5.01 Å². The summed E-state index contributed by atoms with van der Waals surface area (Å²) >= 11 is 0. The maximum atomic E-state index is 12.6. The smallest absolute Gasteiger partial charge is 0.274 e. The number of carbonyl (C=O) groups excluding carboxylic acids is 2. The lowest BCUT2D eigenvalue weighted by atomic mass is 10.0. The van der Waals surface area contributed by atoms with Crippen molar-refractivity contribution in [2.24, 2.45) is 5.10 Å². The van der Waals surface area contributed by atoms with Crippen LogP contribution in [0.3, 0.4) is 0 Å². The summed E-state index contributed by atoms with van der Waals surface area (Å²) in [6, 6.07) is 18.1. The molecular weight excluding hydrogens is 420 g/mol. The van der Waals surface area contributed by atoms with Crippen LogP contribution in [-0.2, 0) is 11.3 Å². The molecule has 2 heterocycles. The standard InChI is InChI=1S/C25H24N4O4/c1-32-22-12-10-17(15-23(22)33-2)20-11-13-24(30)29(28-20)16-18-7-3-4-8-19(18)27-25(31)21-9-5-6-14-26-21/h3-10,12,14-15H,11,13,16H2,1-2H3,(H,27,31). The normalized spacial score (nSPS) is 13.3. The van der Waals surface area contributed by atoms with E-state index in [4.69, 9.17) is 9.47 Å². The Labute approximate surface area is 191 Å². The molecule has 0 spiro atoms. The number of hydrogen-bond acceptors (Lipinski definition) is 6. The van der Waals surface area contributed by atoms with E-state index in [-0.39, 0.29) is 18.4 Å². The first kappa shape index (κ1) is 22.0. The number of pyridine rings is 1. The lowest BCUT2D eigenvalue weighted by molar-refractivity contribution is -0.132. The Hall–Kier alpha value is -4.20. The lowest BCUT2D eigenvalue weighted by Gasteiger charge is -2.25. The van der Waals surface area contributed by atoms with Gasteiger partial charge in [-0.05, 0) is 42.0 Å². The molecule has 0 bridgehead atoms. The predicted octanol–water partition coefficient (Wildman–Crippen LogP) is 3.88. The van der Waals surface area contributed by atoms with E-state index in [0.717, 1.165) is 16.8 Å². The fourth-order valence-electron chi connectivity index (χ4n) is 3.57. The van der Waals surface area contributed by atoms with Crippen molar-refractivity contribution in [1.29, 1.82) is 0 Å². The highest BCUT2D eigenvalue weighted by Gasteiger charge is 2.23. The molecular formula is C25H24N4O4. The number of benzene rings is 2. The molecule has 8 nitrogen and oxygen atoms in total. The van der Waals surface area contributed by atoms with Crippen LogP contribution in [0.1, 0.15) is 34.5 Å². The average molecular weight is 444 g/mol. The zero-order valence-electron chi connectivity index (χ0n) is 18.4. The minimum atomic E-state index is -0.317. The second-order valence-corrected chi connectivity index (χ2v) is 7.39. The first-order valence-electron chi connectivity index (χ1n) is 10.5. The SMILES string of the molecule is COc1ccc(C2=NN(Cc3ccccc3NC(=O)c3ccccn3)C(=O)CC2)cc1OC. The number of nitrogens with zero attached hydrogens (tertiary/aromatic N) is 3. The van der Waals surface area contributed by atoms with Gasteiger partial charge in [0.25, 0.3) is 5.91 Å². The summed E-state index contributed by atoms with van der Waals surface area (Å²) < 4.78 is 10.7. The molecule has 33 heavy (non-hydrogen) atoms. The summed E-state index contributed by atoms with van der Waals surface area (Å²) in [6.07, 6.45) is 2.44. The number of carbonyl (C=O) groups is 2. The number of amides is 2. The molecule has 0 saturated carbocycles. The monoisotopic (exact) mass is 444 g/mol. The van der Waals surface area contributed by atoms with E-state index in [1.54, 1.807) is 44.7 Å². The summed E-state index contributed by atoms with van der Waals surface area (Å²) in [5.41, 5.74) is 3.34. The van der Waals surface area contributed by atoms with Crippen LogP contribution in [0.25, 0.3) is 0 Å². The Balaban J connectivity index is 1.57. The van der Waals surface area contributed by atoms with Crippen LogP contribution in [-0.4, -0.2) is 41.7 Å². The summed E-state index contributed by atoms with van der Waals surface area (Å²) in [5, 5.41) is 8.95. The van der Waals surface area contributed by atoms with Crippen molar-refractivity contribution in [3.63, 3.8) is 0 Å². The van der Waals surface area contributed by atoms with Gasteiger partial charge < -0.3 is 14.8 Å². The van der Waals surface area contributed by atoms with Crippen molar-refractivity contribution in [3.05, 3.63) is 83.7 Å². The molecule has 1 aliphatic rings. The molecule has 0 fully saturated rings. The molecule has 0 radical (unpaired) electrons. The molecule has 1 aromatic heterocycles. The van der Waals surface area contributed by atoms with E-state index in [1.807, 2.05) is 36.4 Å². The molecule has 0 saturated heterocycles. The van der Waals surface area contributed by atoms with Gasteiger partial charge >= 0.3 is 0 Å². The van der Waals surface area contributed by atoms with Gasteiger partial charge in [0.2, 0.25) is 5.91 Å². The second-order valence-electron chi connectivity index (χ2n) is 7.39. The summed E-state index contributed by atoms with van der Waals surface area (Å²) in [4.78, 5) is 29.3. The zero-order valence-corrected chi connectivity index (χ0v) is 18.4. The molecule has 168 valence electrons. The number of ether oxygens (including phenoxy) is 2. The maximum Gasteiger partial charge on any atom is 0.274 e. The van der Waals surface area contributed by atoms with E-state index < -0.39 is 0 Å². The molecule has 0 unspecified atom stereocenters. The third kappa shape index (κ3) is 5.01. The van der Waals surface area contributed by atoms with Crippen LogP contribution < -0.4 is 14.8 Å². The van der Waals surface area contributed by atoms with Gasteiger partial charge in [-0.15, -0.1) is 0 Å². The predicted molar refractivity (Wildman–Crippen MR) is 124 cm³/mol. The second kappa shape index (κ2) is 9.95. The Bertz CT molecular complexity index is 1190. The highest BCUT2D eigenvalue weighted by molar-refractivity contribution is 6.05. The van der Waals surface area contributed by atoms with Crippen LogP contribution in [0, 0.1) is 0 Å². The quantitative estimate of drug-likeness (QED) is 0.597. The molecule has 2 amide bonds. The minimum absolute atomic E-state index is 0.0786. The van der Waals surface area contributed by atoms with E-state index in [9.17, 15) is 9.59 Å². The zero-order chi connectivity index (χ0) is 23.2. The Morgan fingerprint density at radius 1 is 1.00 bits per heavy atom. The van der Waals surface area contributed by atoms with Crippen LogP contribution in [0.5, 0.6) is 11.5 Å². The van der Waals surface area contributed by atoms with Crippen molar-refractivity contribution in [2.75, 3.05) is 19.5 Å².